The number of carbonyl (C=O) groups is 1. The van der Waals surface area contributed by atoms with E-state index in [1.165, 1.54) is 6.07 Å². The maximum absolute atomic E-state index is 13.5. The Morgan fingerprint density at radius 2 is 1.90 bits per heavy atom. The van der Waals surface area contributed by atoms with Crippen LogP contribution in [0.4, 0.5) is 20.2 Å². The van der Waals surface area contributed by atoms with E-state index in [9.17, 15) is 13.6 Å². The molecule has 0 heterocycles. The molecule has 0 aromatic heterocycles. The number of nitrogens with two attached hydrogens (primary N) is 1. The first-order valence-corrected chi connectivity index (χ1v) is 6.08. The third-order valence-electron chi connectivity index (χ3n) is 2.75. The molecule has 0 radical (unpaired) electrons. The highest BCUT2D eigenvalue weighted by Gasteiger charge is 2.13. The van der Waals surface area contributed by atoms with Gasteiger partial charge < -0.3 is 11.1 Å². The Hall–Kier alpha value is -2.14. The quantitative estimate of drug-likeness (QED) is 0.829. The molecular formula is C14H11ClF2N2O. The van der Waals surface area contributed by atoms with Crippen molar-refractivity contribution in [1.82, 2.24) is 0 Å². The van der Waals surface area contributed by atoms with Crippen molar-refractivity contribution in [2.24, 2.45) is 0 Å². The largest absolute Gasteiger partial charge is 0.396 e. The predicted octanol–water partition coefficient (Wildman–Crippen LogP) is 3.76. The maximum Gasteiger partial charge on any atom is 0.255 e. The third-order valence-corrected chi connectivity index (χ3v) is 3.18. The van der Waals surface area contributed by atoms with Gasteiger partial charge in [-0.05, 0) is 36.8 Å². The highest BCUT2D eigenvalue weighted by Crippen LogP contribution is 2.22. The first-order valence-electron chi connectivity index (χ1n) is 5.70. The van der Waals surface area contributed by atoms with Gasteiger partial charge in [0.25, 0.3) is 5.91 Å². The second kappa shape index (κ2) is 5.46. The molecule has 0 unspecified atom stereocenters. The summed E-state index contributed by atoms with van der Waals surface area (Å²) >= 11 is 5.86. The van der Waals surface area contributed by atoms with E-state index < -0.39 is 17.5 Å². The number of carbonyl (C=O) groups excluding carboxylic acids is 1. The smallest absolute Gasteiger partial charge is 0.255 e. The van der Waals surface area contributed by atoms with Gasteiger partial charge in [0.15, 0.2) is 0 Å². The lowest BCUT2D eigenvalue weighted by atomic mass is 10.1. The van der Waals surface area contributed by atoms with Gasteiger partial charge in [-0.3, -0.25) is 4.79 Å². The highest BCUT2D eigenvalue weighted by atomic mass is 35.5. The first-order chi connectivity index (χ1) is 9.38. The first kappa shape index (κ1) is 14.3. The fraction of sp³-hybridized carbons (Fsp3) is 0.0714. The Kier molecular flexibility index (Phi) is 3.90. The fourth-order valence-corrected chi connectivity index (χ4v) is 1.76. The summed E-state index contributed by atoms with van der Waals surface area (Å²) < 4.78 is 26.5. The van der Waals surface area contributed by atoms with Gasteiger partial charge >= 0.3 is 0 Å². The topological polar surface area (TPSA) is 55.1 Å². The standard InChI is InChI=1S/C14H11ClF2N2O/c1-7-4-8(2-3-9(7)15)14(20)19-13-6-12(18)10(16)5-11(13)17/h2-6H,18H2,1H3,(H,19,20). The molecule has 2 aromatic carbocycles. The monoisotopic (exact) mass is 296 g/mol. The van der Waals surface area contributed by atoms with E-state index in [0.717, 1.165) is 11.6 Å². The number of hydrogen-bond acceptors (Lipinski definition) is 2. The summed E-state index contributed by atoms with van der Waals surface area (Å²) in [7, 11) is 0. The van der Waals surface area contributed by atoms with Gasteiger partial charge in [-0.15, -0.1) is 0 Å². The van der Waals surface area contributed by atoms with Gasteiger partial charge in [0.2, 0.25) is 0 Å². The van der Waals surface area contributed by atoms with Gasteiger partial charge in [-0.2, -0.15) is 0 Å². The van der Waals surface area contributed by atoms with Crippen LogP contribution < -0.4 is 11.1 Å². The second-order valence-corrected chi connectivity index (χ2v) is 4.68. The molecule has 3 nitrogen and oxygen atoms in total. The van der Waals surface area contributed by atoms with E-state index in [1.54, 1.807) is 19.1 Å². The molecule has 2 aromatic rings. The van der Waals surface area contributed by atoms with Crippen LogP contribution in [0.15, 0.2) is 30.3 Å². The number of nitrogen functional groups attached to an aromatic ring is 1. The molecule has 0 aliphatic rings. The summed E-state index contributed by atoms with van der Waals surface area (Å²) in [5.41, 5.74) is 5.95. The van der Waals surface area contributed by atoms with Crippen molar-refractivity contribution in [2.75, 3.05) is 11.1 Å². The molecule has 0 aliphatic carbocycles. The number of aryl methyl sites for hydroxylation is 1. The third kappa shape index (κ3) is 2.88. The summed E-state index contributed by atoms with van der Waals surface area (Å²) in [4.78, 5) is 12.0. The molecule has 0 spiro atoms. The summed E-state index contributed by atoms with van der Waals surface area (Å²) in [6.07, 6.45) is 0. The van der Waals surface area contributed by atoms with E-state index in [2.05, 4.69) is 5.32 Å². The Morgan fingerprint density at radius 3 is 2.55 bits per heavy atom. The summed E-state index contributed by atoms with van der Waals surface area (Å²) in [6.45, 7) is 1.75. The minimum absolute atomic E-state index is 0.179. The van der Waals surface area contributed by atoms with Crippen LogP contribution in [0.25, 0.3) is 0 Å². The van der Waals surface area contributed by atoms with Crippen molar-refractivity contribution in [1.29, 1.82) is 0 Å². The molecule has 2 rings (SSSR count). The van der Waals surface area contributed by atoms with Crippen molar-refractivity contribution in [3.63, 3.8) is 0 Å². The van der Waals surface area contributed by atoms with Gasteiger partial charge in [-0.1, -0.05) is 11.6 Å². The van der Waals surface area contributed by atoms with Crippen LogP contribution in [-0.4, -0.2) is 5.91 Å². The molecular weight excluding hydrogens is 286 g/mol. The average molecular weight is 297 g/mol. The van der Waals surface area contributed by atoms with E-state index in [4.69, 9.17) is 17.3 Å². The van der Waals surface area contributed by atoms with E-state index in [1.807, 2.05) is 0 Å². The maximum atomic E-state index is 13.5. The molecule has 0 fully saturated rings. The molecule has 0 atom stereocenters. The zero-order chi connectivity index (χ0) is 14.9. The van der Waals surface area contributed by atoms with Crippen molar-refractivity contribution in [3.05, 3.63) is 58.1 Å². The van der Waals surface area contributed by atoms with Crippen LogP contribution in [0, 0.1) is 18.6 Å². The zero-order valence-electron chi connectivity index (χ0n) is 10.5. The van der Waals surface area contributed by atoms with E-state index >= 15 is 0 Å². The van der Waals surface area contributed by atoms with Crippen LogP contribution in [0.2, 0.25) is 5.02 Å². The fourth-order valence-electron chi connectivity index (χ4n) is 1.64. The molecule has 104 valence electrons. The van der Waals surface area contributed by atoms with Crippen LogP contribution in [0.5, 0.6) is 0 Å². The highest BCUT2D eigenvalue weighted by molar-refractivity contribution is 6.31. The average Bonchev–Trinajstić information content (AvgIpc) is 2.39. The zero-order valence-corrected chi connectivity index (χ0v) is 11.3. The SMILES string of the molecule is Cc1cc(C(=O)Nc2cc(N)c(F)cc2F)ccc1Cl. The van der Waals surface area contributed by atoms with Crippen molar-refractivity contribution >= 4 is 28.9 Å². The number of benzene rings is 2. The lowest BCUT2D eigenvalue weighted by molar-refractivity contribution is 0.102. The Bertz CT molecular complexity index is 689. The number of anilines is 2. The number of rotatable bonds is 2. The van der Waals surface area contributed by atoms with Gasteiger partial charge in [-0.25, -0.2) is 8.78 Å². The molecule has 3 N–H and O–H groups in total. The minimum atomic E-state index is -0.893. The number of hydrogen-bond donors (Lipinski definition) is 2. The van der Waals surface area contributed by atoms with Gasteiger partial charge in [0.1, 0.15) is 11.6 Å². The van der Waals surface area contributed by atoms with Crippen LogP contribution >= 0.6 is 11.6 Å². The molecule has 20 heavy (non-hydrogen) atoms. The molecule has 6 heteroatoms. The summed E-state index contributed by atoms with van der Waals surface area (Å²) in [5.74, 6) is -2.30. The molecule has 0 saturated carbocycles. The van der Waals surface area contributed by atoms with Crippen molar-refractivity contribution in [3.8, 4) is 0 Å². The van der Waals surface area contributed by atoms with Crippen LogP contribution in [-0.2, 0) is 0 Å². The molecule has 0 bridgehead atoms. The predicted molar refractivity (Wildman–Crippen MR) is 74.9 cm³/mol. The second-order valence-electron chi connectivity index (χ2n) is 4.27. The molecule has 1 amide bonds. The van der Waals surface area contributed by atoms with Crippen LogP contribution in [0.3, 0.4) is 0 Å². The van der Waals surface area contributed by atoms with E-state index in [-0.39, 0.29) is 11.4 Å². The Morgan fingerprint density at radius 1 is 1.20 bits per heavy atom. The van der Waals surface area contributed by atoms with E-state index in [0.29, 0.717) is 16.7 Å². The van der Waals surface area contributed by atoms with Crippen LogP contribution in [0.1, 0.15) is 15.9 Å². The summed E-state index contributed by atoms with van der Waals surface area (Å²) in [5, 5.41) is 2.86. The lowest BCUT2D eigenvalue weighted by Gasteiger charge is -2.09. The van der Waals surface area contributed by atoms with Crippen molar-refractivity contribution < 1.29 is 13.6 Å². The number of halogens is 3. The Labute approximate surface area is 119 Å². The number of nitrogens with one attached hydrogen (secondary N) is 1. The summed E-state index contributed by atoms with van der Waals surface area (Å²) in [6, 6.07) is 6.31. The van der Waals surface area contributed by atoms with Gasteiger partial charge in [0, 0.05) is 16.7 Å². The Balaban J connectivity index is 2.27. The lowest BCUT2D eigenvalue weighted by Crippen LogP contribution is -2.13. The molecule has 0 saturated heterocycles. The van der Waals surface area contributed by atoms with Gasteiger partial charge in [0.05, 0.1) is 11.4 Å². The normalized spacial score (nSPS) is 10.4. The number of amides is 1. The minimum Gasteiger partial charge on any atom is -0.396 e. The molecule has 0 aliphatic heterocycles. The van der Waals surface area contributed by atoms with Crippen molar-refractivity contribution in [2.45, 2.75) is 6.92 Å².